The molecule has 2 heterocycles. The quantitative estimate of drug-likeness (QED) is 0.594. The minimum Gasteiger partial charge on any atom is -0.277 e. The van der Waals surface area contributed by atoms with Gasteiger partial charge in [0.25, 0.3) is 0 Å². The van der Waals surface area contributed by atoms with Crippen molar-refractivity contribution in [1.82, 2.24) is 25.4 Å². The second-order valence-electron chi connectivity index (χ2n) is 5.13. The van der Waals surface area contributed by atoms with E-state index in [-0.39, 0.29) is 5.82 Å². The number of halogens is 1. The lowest BCUT2D eigenvalue weighted by Crippen LogP contribution is -1.85. The smallest absolute Gasteiger partial charge is 0.155 e. The zero-order chi connectivity index (χ0) is 15.1. The third kappa shape index (κ3) is 1.96. The van der Waals surface area contributed by atoms with Gasteiger partial charge in [-0.1, -0.05) is 0 Å². The summed E-state index contributed by atoms with van der Waals surface area (Å²) in [6, 6.07) is 10.9. The van der Waals surface area contributed by atoms with Gasteiger partial charge >= 0.3 is 0 Å². The number of fused-ring (bicyclic) bond motifs is 1. The number of aromatic nitrogens is 5. The van der Waals surface area contributed by atoms with Crippen LogP contribution in [0.25, 0.3) is 33.5 Å². The highest BCUT2D eigenvalue weighted by atomic mass is 19.1. The van der Waals surface area contributed by atoms with Crippen molar-refractivity contribution in [1.29, 1.82) is 0 Å². The van der Waals surface area contributed by atoms with Gasteiger partial charge in [0, 0.05) is 16.5 Å². The van der Waals surface area contributed by atoms with E-state index < -0.39 is 0 Å². The molecule has 0 aliphatic rings. The van der Waals surface area contributed by atoms with E-state index in [1.165, 1.54) is 12.4 Å². The number of aryl methyl sites for hydroxylation is 1. The molecule has 0 fully saturated rings. The van der Waals surface area contributed by atoms with E-state index in [4.69, 9.17) is 0 Å². The van der Waals surface area contributed by atoms with Crippen molar-refractivity contribution in [2.75, 3.05) is 0 Å². The van der Waals surface area contributed by atoms with E-state index in [2.05, 4.69) is 25.4 Å². The highest BCUT2D eigenvalue weighted by Crippen LogP contribution is 2.30. The van der Waals surface area contributed by atoms with Crippen molar-refractivity contribution in [3.8, 4) is 22.6 Å². The summed E-state index contributed by atoms with van der Waals surface area (Å²) >= 11 is 0. The first kappa shape index (κ1) is 12.7. The van der Waals surface area contributed by atoms with Crippen molar-refractivity contribution in [2.24, 2.45) is 0 Å². The van der Waals surface area contributed by atoms with Gasteiger partial charge in [-0.15, -0.1) is 0 Å². The second-order valence-corrected chi connectivity index (χ2v) is 5.13. The van der Waals surface area contributed by atoms with E-state index in [9.17, 15) is 4.39 Å². The Hall–Kier alpha value is -3.02. The third-order valence-corrected chi connectivity index (χ3v) is 3.68. The van der Waals surface area contributed by atoms with Crippen LogP contribution in [0.5, 0.6) is 0 Å². The average molecular weight is 293 g/mol. The van der Waals surface area contributed by atoms with Crippen LogP contribution < -0.4 is 0 Å². The number of aromatic amines is 2. The molecule has 0 atom stereocenters. The molecular formula is C16H12FN5. The summed E-state index contributed by atoms with van der Waals surface area (Å²) in [7, 11) is 0. The van der Waals surface area contributed by atoms with Gasteiger partial charge in [0.1, 0.15) is 12.1 Å². The number of benzene rings is 2. The molecule has 2 aromatic heterocycles. The SMILES string of the molecule is Cc1cc(-c2n[nH]c3ccc(-c4ncn[nH]4)cc23)ccc1F. The highest BCUT2D eigenvalue weighted by molar-refractivity contribution is 5.95. The molecule has 0 saturated carbocycles. The molecule has 4 rings (SSSR count). The molecule has 0 saturated heterocycles. The number of hydrogen-bond donors (Lipinski definition) is 2. The Morgan fingerprint density at radius 3 is 2.64 bits per heavy atom. The molecule has 0 aliphatic carbocycles. The largest absolute Gasteiger partial charge is 0.277 e. The van der Waals surface area contributed by atoms with Gasteiger partial charge in [-0.25, -0.2) is 9.37 Å². The zero-order valence-electron chi connectivity index (χ0n) is 11.8. The molecule has 108 valence electrons. The van der Waals surface area contributed by atoms with Crippen LogP contribution in [0.1, 0.15) is 5.56 Å². The number of nitrogens with one attached hydrogen (secondary N) is 2. The van der Waals surface area contributed by atoms with Crippen LogP contribution in [0.4, 0.5) is 4.39 Å². The van der Waals surface area contributed by atoms with Gasteiger partial charge in [-0.3, -0.25) is 10.2 Å². The lowest BCUT2D eigenvalue weighted by molar-refractivity contribution is 0.619. The van der Waals surface area contributed by atoms with E-state index >= 15 is 0 Å². The van der Waals surface area contributed by atoms with Crippen LogP contribution in [-0.4, -0.2) is 25.4 Å². The van der Waals surface area contributed by atoms with E-state index in [0.717, 1.165) is 27.7 Å². The van der Waals surface area contributed by atoms with Crippen molar-refractivity contribution in [3.05, 3.63) is 54.1 Å². The maximum Gasteiger partial charge on any atom is 0.155 e. The van der Waals surface area contributed by atoms with Crippen molar-refractivity contribution in [2.45, 2.75) is 6.92 Å². The zero-order valence-corrected chi connectivity index (χ0v) is 11.8. The van der Waals surface area contributed by atoms with Crippen LogP contribution in [0.2, 0.25) is 0 Å². The fraction of sp³-hybridized carbons (Fsp3) is 0.0625. The van der Waals surface area contributed by atoms with E-state index in [0.29, 0.717) is 11.4 Å². The molecule has 0 unspecified atom stereocenters. The van der Waals surface area contributed by atoms with Crippen LogP contribution in [0.3, 0.4) is 0 Å². The first-order chi connectivity index (χ1) is 10.7. The molecule has 0 spiro atoms. The topological polar surface area (TPSA) is 70.2 Å². The van der Waals surface area contributed by atoms with E-state index in [1.807, 2.05) is 18.2 Å². The Balaban J connectivity index is 1.91. The maximum absolute atomic E-state index is 13.5. The third-order valence-electron chi connectivity index (χ3n) is 3.68. The molecule has 2 N–H and O–H groups in total. The molecule has 0 amide bonds. The molecule has 22 heavy (non-hydrogen) atoms. The number of rotatable bonds is 2. The van der Waals surface area contributed by atoms with Gasteiger partial charge in [0.15, 0.2) is 5.82 Å². The average Bonchev–Trinajstić information content (AvgIpc) is 3.18. The Bertz CT molecular complexity index is 956. The monoisotopic (exact) mass is 293 g/mol. The molecule has 0 aliphatic heterocycles. The minimum absolute atomic E-state index is 0.217. The van der Waals surface area contributed by atoms with Crippen LogP contribution in [0.15, 0.2) is 42.7 Å². The van der Waals surface area contributed by atoms with Gasteiger partial charge in [-0.2, -0.15) is 10.2 Å². The highest BCUT2D eigenvalue weighted by Gasteiger charge is 2.11. The first-order valence-electron chi connectivity index (χ1n) is 6.83. The lowest BCUT2D eigenvalue weighted by atomic mass is 10.0. The molecule has 4 aromatic rings. The second kappa shape index (κ2) is 4.77. The minimum atomic E-state index is -0.217. The van der Waals surface area contributed by atoms with Crippen molar-refractivity contribution in [3.63, 3.8) is 0 Å². The number of H-pyrrole nitrogens is 2. The standard InChI is InChI=1S/C16H12FN5/c1-9-6-10(2-4-13(9)17)15-12-7-11(16-18-8-19-22-16)3-5-14(12)20-21-15/h2-8H,1H3,(H,20,21)(H,18,19,22). The summed E-state index contributed by atoms with van der Waals surface area (Å²) in [6.07, 6.45) is 1.47. The number of hydrogen-bond acceptors (Lipinski definition) is 3. The Labute approximate surface area is 125 Å². The van der Waals surface area contributed by atoms with Gasteiger partial charge < -0.3 is 0 Å². The van der Waals surface area contributed by atoms with Gasteiger partial charge in [-0.05, 0) is 48.9 Å². The normalized spacial score (nSPS) is 11.2. The van der Waals surface area contributed by atoms with Crippen LogP contribution >= 0.6 is 0 Å². The molecule has 0 bridgehead atoms. The predicted octanol–water partition coefficient (Wildman–Crippen LogP) is 3.46. The van der Waals surface area contributed by atoms with E-state index in [1.54, 1.807) is 19.1 Å². The fourth-order valence-electron chi connectivity index (χ4n) is 2.52. The molecule has 2 aromatic carbocycles. The molecular weight excluding hydrogens is 281 g/mol. The van der Waals surface area contributed by atoms with Crippen LogP contribution in [0, 0.1) is 12.7 Å². The van der Waals surface area contributed by atoms with Gasteiger partial charge in [0.05, 0.1) is 11.2 Å². The summed E-state index contributed by atoms with van der Waals surface area (Å²) in [4.78, 5) is 4.16. The summed E-state index contributed by atoms with van der Waals surface area (Å²) in [5, 5.41) is 15.0. The Kier molecular flexibility index (Phi) is 2.75. The maximum atomic E-state index is 13.5. The molecule has 6 heteroatoms. The lowest BCUT2D eigenvalue weighted by Gasteiger charge is -2.02. The fourth-order valence-corrected chi connectivity index (χ4v) is 2.52. The Morgan fingerprint density at radius 2 is 1.86 bits per heavy atom. The Morgan fingerprint density at radius 1 is 1.00 bits per heavy atom. The predicted molar refractivity (Wildman–Crippen MR) is 81.6 cm³/mol. The summed E-state index contributed by atoms with van der Waals surface area (Å²) in [6.45, 7) is 1.74. The number of nitrogens with zero attached hydrogens (tertiary/aromatic N) is 3. The van der Waals surface area contributed by atoms with Gasteiger partial charge in [0.2, 0.25) is 0 Å². The summed E-state index contributed by atoms with van der Waals surface area (Å²) in [5.74, 6) is 0.482. The van der Waals surface area contributed by atoms with Crippen molar-refractivity contribution < 1.29 is 4.39 Å². The molecule has 5 nitrogen and oxygen atoms in total. The summed E-state index contributed by atoms with van der Waals surface area (Å²) < 4.78 is 13.5. The summed E-state index contributed by atoms with van der Waals surface area (Å²) in [5.41, 5.74) is 4.10. The first-order valence-corrected chi connectivity index (χ1v) is 6.83. The van der Waals surface area contributed by atoms with Crippen molar-refractivity contribution >= 4 is 10.9 Å². The van der Waals surface area contributed by atoms with Crippen LogP contribution in [-0.2, 0) is 0 Å². The molecule has 0 radical (unpaired) electrons.